The number of hydrogen-bond donors (Lipinski definition) is 2. The number of hydrogen-bond acceptors (Lipinski definition) is 5. The number of carbonyl (C=O) groups excluding carboxylic acids is 2. The number of aliphatic imine (C=N–C) groups is 1. The fourth-order valence-corrected chi connectivity index (χ4v) is 1.40. The van der Waals surface area contributed by atoms with Crippen LogP contribution < -0.4 is 11.1 Å². The van der Waals surface area contributed by atoms with Gasteiger partial charge in [0.25, 0.3) is 6.47 Å². The molecule has 6 heteroatoms. The predicted octanol–water partition coefficient (Wildman–Crippen LogP) is -0.258. The van der Waals surface area contributed by atoms with Crippen LogP contribution in [0.3, 0.4) is 0 Å². The number of allylic oxidation sites excluding steroid dienone is 1. The van der Waals surface area contributed by atoms with Crippen molar-refractivity contribution >= 4 is 18.6 Å². The lowest BCUT2D eigenvalue weighted by atomic mass is 10.2. The molecule has 0 unspecified atom stereocenters. The summed E-state index contributed by atoms with van der Waals surface area (Å²) in [6.07, 6.45) is 5.75. The molecule has 1 atom stereocenters. The van der Waals surface area contributed by atoms with E-state index in [9.17, 15) is 9.59 Å². The first kappa shape index (κ1) is 13.4. The largest absolute Gasteiger partial charge is 0.468 e. The maximum atomic E-state index is 11.5. The van der Waals surface area contributed by atoms with Crippen LogP contribution in [-0.4, -0.2) is 37.8 Å². The third kappa shape index (κ3) is 5.26. The van der Waals surface area contributed by atoms with Gasteiger partial charge in [0, 0.05) is 37.7 Å². The Bertz CT molecular complexity index is 326. The summed E-state index contributed by atoms with van der Waals surface area (Å²) in [5, 5.41) is 2.71. The Balaban J connectivity index is 2.10. The molecular weight excluding hydrogens is 222 g/mol. The minimum absolute atomic E-state index is 0.160. The summed E-state index contributed by atoms with van der Waals surface area (Å²) < 4.78 is 4.47. The zero-order valence-electron chi connectivity index (χ0n) is 9.59. The third-order valence-corrected chi connectivity index (χ3v) is 2.35. The molecule has 3 N–H and O–H groups in total. The van der Waals surface area contributed by atoms with Crippen LogP contribution in [-0.2, 0) is 14.3 Å². The predicted molar refractivity (Wildman–Crippen MR) is 63.4 cm³/mol. The first-order valence-corrected chi connectivity index (χ1v) is 5.54. The van der Waals surface area contributed by atoms with E-state index in [2.05, 4.69) is 15.0 Å². The average molecular weight is 239 g/mol. The minimum atomic E-state index is -0.643. The lowest BCUT2D eigenvalue weighted by Gasteiger charge is -2.11. The van der Waals surface area contributed by atoms with Gasteiger partial charge in [-0.15, -0.1) is 0 Å². The Hall–Kier alpha value is -1.69. The Kier molecular flexibility index (Phi) is 5.95. The number of rotatable bonds is 8. The lowest BCUT2D eigenvalue weighted by Crippen LogP contribution is -2.41. The molecule has 0 saturated heterocycles. The van der Waals surface area contributed by atoms with Crippen molar-refractivity contribution in [3.05, 3.63) is 11.8 Å². The average Bonchev–Trinajstić information content (AvgIpc) is 2.82. The maximum absolute atomic E-state index is 11.5. The molecule has 0 aromatic carbocycles. The van der Waals surface area contributed by atoms with E-state index in [-0.39, 0.29) is 12.5 Å². The van der Waals surface area contributed by atoms with Crippen molar-refractivity contribution in [2.75, 3.05) is 13.2 Å². The molecule has 1 heterocycles. The Morgan fingerprint density at radius 1 is 1.71 bits per heavy atom. The standard InChI is InChI=1S/C11H17N3O3/c12-10(4-7-17-8-15)11(16)14-6-3-9-2-1-5-13-9/h2,5,8,10H,1,3-4,6-7,12H2,(H,14,16)/t10-/m0/s1. The molecule has 0 aromatic rings. The summed E-state index contributed by atoms with van der Waals surface area (Å²) in [5.41, 5.74) is 6.59. The van der Waals surface area contributed by atoms with Crippen LogP contribution in [0.25, 0.3) is 0 Å². The fourth-order valence-electron chi connectivity index (χ4n) is 1.40. The molecule has 1 rings (SSSR count). The van der Waals surface area contributed by atoms with E-state index < -0.39 is 6.04 Å². The van der Waals surface area contributed by atoms with Gasteiger partial charge in [-0.1, -0.05) is 6.08 Å². The van der Waals surface area contributed by atoms with Gasteiger partial charge >= 0.3 is 0 Å². The fraction of sp³-hybridized carbons (Fsp3) is 0.545. The Labute approximate surface area is 99.9 Å². The SMILES string of the molecule is N[C@@H](CCOC=O)C(=O)NCCC1=CCC=N1. The van der Waals surface area contributed by atoms with E-state index in [4.69, 9.17) is 5.73 Å². The van der Waals surface area contributed by atoms with Gasteiger partial charge in [0.2, 0.25) is 5.91 Å². The number of nitrogens with zero attached hydrogens (tertiary/aromatic N) is 1. The van der Waals surface area contributed by atoms with E-state index >= 15 is 0 Å². The number of nitrogens with one attached hydrogen (secondary N) is 1. The van der Waals surface area contributed by atoms with Gasteiger partial charge in [-0.05, 0) is 0 Å². The van der Waals surface area contributed by atoms with Crippen molar-refractivity contribution in [2.24, 2.45) is 10.7 Å². The molecule has 0 saturated carbocycles. The minimum Gasteiger partial charge on any atom is -0.468 e. The second-order valence-electron chi connectivity index (χ2n) is 3.65. The Morgan fingerprint density at radius 2 is 2.53 bits per heavy atom. The van der Waals surface area contributed by atoms with Crippen LogP contribution in [0.15, 0.2) is 16.8 Å². The van der Waals surface area contributed by atoms with Crippen LogP contribution in [0.2, 0.25) is 0 Å². The van der Waals surface area contributed by atoms with E-state index in [1.807, 2.05) is 12.3 Å². The van der Waals surface area contributed by atoms with Gasteiger partial charge in [-0.2, -0.15) is 0 Å². The highest BCUT2D eigenvalue weighted by molar-refractivity contribution is 5.81. The van der Waals surface area contributed by atoms with Crippen molar-refractivity contribution < 1.29 is 14.3 Å². The first-order valence-electron chi connectivity index (χ1n) is 5.54. The van der Waals surface area contributed by atoms with Crippen LogP contribution in [0, 0.1) is 0 Å². The number of nitrogens with two attached hydrogens (primary N) is 1. The molecule has 0 bridgehead atoms. The van der Waals surface area contributed by atoms with Crippen LogP contribution in [0.5, 0.6) is 0 Å². The molecule has 0 aromatic heterocycles. The van der Waals surface area contributed by atoms with Gasteiger partial charge in [-0.25, -0.2) is 0 Å². The van der Waals surface area contributed by atoms with Crippen LogP contribution in [0.4, 0.5) is 0 Å². The van der Waals surface area contributed by atoms with Crippen LogP contribution >= 0.6 is 0 Å². The maximum Gasteiger partial charge on any atom is 0.293 e. The summed E-state index contributed by atoms with van der Waals surface area (Å²) in [5.74, 6) is -0.234. The summed E-state index contributed by atoms with van der Waals surface area (Å²) >= 11 is 0. The highest BCUT2D eigenvalue weighted by atomic mass is 16.5. The van der Waals surface area contributed by atoms with E-state index in [0.717, 1.165) is 12.1 Å². The van der Waals surface area contributed by atoms with Gasteiger partial charge < -0.3 is 15.8 Å². The van der Waals surface area contributed by atoms with Crippen molar-refractivity contribution in [2.45, 2.75) is 25.3 Å². The summed E-state index contributed by atoms with van der Waals surface area (Å²) in [7, 11) is 0. The lowest BCUT2D eigenvalue weighted by molar-refractivity contribution is -0.130. The quantitative estimate of drug-likeness (QED) is 0.451. The summed E-state index contributed by atoms with van der Waals surface area (Å²) in [4.78, 5) is 25.5. The second-order valence-corrected chi connectivity index (χ2v) is 3.65. The molecule has 0 aliphatic carbocycles. The van der Waals surface area contributed by atoms with Crippen molar-refractivity contribution in [1.82, 2.24) is 5.32 Å². The number of ether oxygens (including phenoxy) is 1. The van der Waals surface area contributed by atoms with Gasteiger partial charge in [-0.3, -0.25) is 14.6 Å². The number of carbonyl (C=O) groups is 2. The van der Waals surface area contributed by atoms with Crippen molar-refractivity contribution in [1.29, 1.82) is 0 Å². The van der Waals surface area contributed by atoms with Crippen molar-refractivity contribution in [3.63, 3.8) is 0 Å². The molecular formula is C11H17N3O3. The highest BCUT2D eigenvalue weighted by Gasteiger charge is 2.12. The van der Waals surface area contributed by atoms with E-state index in [1.165, 1.54) is 0 Å². The molecule has 1 aliphatic rings. The monoisotopic (exact) mass is 239 g/mol. The molecule has 17 heavy (non-hydrogen) atoms. The first-order chi connectivity index (χ1) is 8.24. The summed E-state index contributed by atoms with van der Waals surface area (Å²) in [6.45, 7) is 1.02. The topological polar surface area (TPSA) is 93.8 Å². The smallest absolute Gasteiger partial charge is 0.293 e. The zero-order valence-corrected chi connectivity index (χ0v) is 9.59. The van der Waals surface area contributed by atoms with Gasteiger partial charge in [0.1, 0.15) is 0 Å². The zero-order chi connectivity index (χ0) is 12.5. The van der Waals surface area contributed by atoms with E-state index in [1.54, 1.807) is 0 Å². The molecule has 1 aliphatic heterocycles. The normalized spacial score (nSPS) is 15.2. The van der Waals surface area contributed by atoms with Crippen molar-refractivity contribution in [3.8, 4) is 0 Å². The Morgan fingerprint density at radius 3 is 3.18 bits per heavy atom. The molecule has 0 spiro atoms. The summed E-state index contributed by atoms with van der Waals surface area (Å²) in [6, 6.07) is -0.643. The second kappa shape index (κ2) is 7.56. The molecule has 0 fully saturated rings. The highest BCUT2D eigenvalue weighted by Crippen LogP contribution is 2.08. The number of amides is 1. The third-order valence-electron chi connectivity index (χ3n) is 2.35. The molecule has 0 radical (unpaired) electrons. The molecule has 6 nitrogen and oxygen atoms in total. The van der Waals surface area contributed by atoms with Gasteiger partial charge in [0.15, 0.2) is 0 Å². The van der Waals surface area contributed by atoms with Crippen LogP contribution in [0.1, 0.15) is 19.3 Å². The molecule has 94 valence electrons. The van der Waals surface area contributed by atoms with Gasteiger partial charge in [0.05, 0.1) is 12.6 Å². The molecule has 1 amide bonds. The van der Waals surface area contributed by atoms with E-state index in [0.29, 0.717) is 25.9 Å².